The number of aromatic nitrogens is 3. The van der Waals surface area contributed by atoms with E-state index in [1.165, 1.54) is 16.9 Å². The van der Waals surface area contributed by atoms with Gasteiger partial charge in [-0.3, -0.25) is 0 Å². The molecule has 0 fully saturated rings. The molecule has 0 bridgehead atoms. The van der Waals surface area contributed by atoms with Crippen molar-refractivity contribution in [3.63, 3.8) is 0 Å². The predicted octanol–water partition coefficient (Wildman–Crippen LogP) is 2.25. The number of hydrogen-bond donors (Lipinski definition) is 0. The van der Waals surface area contributed by atoms with Gasteiger partial charge in [-0.05, 0) is 11.5 Å². The van der Waals surface area contributed by atoms with Gasteiger partial charge in [0.15, 0.2) is 0 Å². The van der Waals surface area contributed by atoms with Crippen LogP contribution in [0.3, 0.4) is 0 Å². The fourth-order valence-electron chi connectivity index (χ4n) is 1.03. The summed E-state index contributed by atoms with van der Waals surface area (Å²) in [5.74, 6) is 0.512. The minimum atomic E-state index is 0.512. The Morgan fingerprint density at radius 1 is 1.54 bits per heavy atom. The van der Waals surface area contributed by atoms with Gasteiger partial charge in [0, 0.05) is 12.4 Å². The van der Waals surface area contributed by atoms with Crippen LogP contribution in [0.5, 0.6) is 0 Å². The van der Waals surface area contributed by atoms with Crippen molar-refractivity contribution in [1.29, 1.82) is 0 Å². The van der Waals surface area contributed by atoms with Gasteiger partial charge in [-0.15, -0.1) is 0 Å². The van der Waals surface area contributed by atoms with Crippen molar-refractivity contribution in [3.8, 4) is 5.13 Å². The summed E-state index contributed by atoms with van der Waals surface area (Å²) in [4.78, 5) is 4.12. The number of thiazole rings is 1. The van der Waals surface area contributed by atoms with Gasteiger partial charge in [-0.25, -0.2) is 9.67 Å². The SMILES string of the molecule is CC(C)c1cnn(-c2nc[c]s2)c1. The molecular formula is C9H10N3S. The summed E-state index contributed by atoms with van der Waals surface area (Å²) in [6.45, 7) is 4.30. The molecule has 13 heavy (non-hydrogen) atoms. The van der Waals surface area contributed by atoms with Crippen LogP contribution < -0.4 is 0 Å². The van der Waals surface area contributed by atoms with Crippen LogP contribution in [-0.2, 0) is 0 Å². The third kappa shape index (κ3) is 1.62. The van der Waals surface area contributed by atoms with Crippen molar-refractivity contribution in [2.45, 2.75) is 19.8 Å². The largest absolute Gasteiger partial charge is 0.226 e. The Kier molecular flexibility index (Phi) is 2.14. The topological polar surface area (TPSA) is 30.7 Å². The summed E-state index contributed by atoms with van der Waals surface area (Å²) in [6, 6.07) is 0. The molecule has 0 amide bonds. The molecule has 67 valence electrons. The lowest BCUT2D eigenvalue weighted by Crippen LogP contribution is -1.92. The highest BCUT2D eigenvalue weighted by atomic mass is 32.1. The molecule has 0 N–H and O–H groups in total. The van der Waals surface area contributed by atoms with Crippen molar-refractivity contribution >= 4 is 11.3 Å². The molecule has 0 aliphatic rings. The van der Waals surface area contributed by atoms with Crippen LogP contribution in [0, 0.1) is 5.38 Å². The molecule has 2 aromatic heterocycles. The van der Waals surface area contributed by atoms with E-state index in [9.17, 15) is 0 Å². The number of hydrogen-bond acceptors (Lipinski definition) is 3. The first-order valence-corrected chi connectivity index (χ1v) is 4.96. The Morgan fingerprint density at radius 3 is 2.92 bits per heavy atom. The normalized spacial score (nSPS) is 11.0. The highest BCUT2D eigenvalue weighted by molar-refractivity contribution is 7.11. The molecule has 2 heterocycles. The molecule has 0 unspecified atom stereocenters. The lowest BCUT2D eigenvalue weighted by molar-refractivity contribution is 0.854. The lowest BCUT2D eigenvalue weighted by Gasteiger charge is -1.96. The van der Waals surface area contributed by atoms with Gasteiger partial charge in [0.05, 0.1) is 11.6 Å². The van der Waals surface area contributed by atoms with E-state index < -0.39 is 0 Å². The van der Waals surface area contributed by atoms with Crippen molar-refractivity contribution < 1.29 is 0 Å². The van der Waals surface area contributed by atoms with Crippen LogP contribution in [0.15, 0.2) is 18.6 Å². The average molecular weight is 192 g/mol. The van der Waals surface area contributed by atoms with E-state index >= 15 is 0 Å². The second kappa shape index (κ2) is 3.30. The molecule has 0 aromatic carbocycles. The maximum Gasteiger partial charge on any atom is 0.210 e. The van der Waals surface area contributed by atoms with Crippen LogP contribution in [0.4, 0.5) is 0 Å². The highest BCUT2D eigenvalue weighted by Crippen LogP contribution is 2.16. The maximum atomic E-state index is 4.22. The van der Waals surface area contributed by atoms with E-state index in [1.807, 2.05) is 12.4 Å². The van der Waals surface area contributed by atoms with E-state index in [0.717, 1.165) is 5.13 Å². The van der Waals surface area contributed by atoms with Gasteiger partial charge >= 0.3 is 0 Å². The zero-order valence-electron chi connectivity index (χ0n) is 7.56. The first kappa shape index (κ1) is 8.44. The van der Waals surface area contributed by atoms with Gasteiger partial charge in [-0.2, -0.15) is 5.10 Å². The Hall–Kier alpha value is -1.16. The Balaban J connectivity index is 2.33. The molecule has 0 aliphatic heterocycles. The minimum absolute atomic E-state index is 0.512. The van der Waals surface area contributed by atoms with Crippen molar-refractivity contribution in [2.24, 2.45) is 0 Å². The fraction of sp³-hybridized carbons (Fsp3) is 0.333. The van der Waals surface area contributed by atoms with Crippen molar-refractivity contribution in [3.05, 3.63) is 29.5 Å². The predicted molar refractivity (Wildman–Crippen MR) is 52.2 cm³/mol. The summed E-state index contributed by atoms with van der Waals surface area (Å²) in [6.07, 6.45) is 5.56. The summed E-state index contributed by atoms with van der Waals surface area (Å²) in [5, 5.41) is 8.03. The third-order valence-electron chi connectivity index (χ3n) is 1.84. The molecule has 3 nitrogen and oxygen atoms in total. The highest BCUT2D eigenvalue weighted by Gasteiger charge is 2.05. The molecule has 2 rings (SSSR count). The smallest absolute Gasteiger partial charge is 0.210 e. The van der Waals surface area contributed by atoms with Crippen molar-refractivity contribution in [2.75, 3.05) is 0 Å². The molecule has 0 atom stereocenters. The zero-order valence-corrected chi connectivity index (χ0v) is 8.38. The van der Waals surface area contributed by atoms with Crippen LogP contribution in [-0.4, -0.2) is 14.8 Å². The summed E-state index contributed by atoms with van der Waals surface area (Å²) in [7, 11) is 0. The summed E-state index contributed by atoms with van der Waals surface area (Å²) >= 11 is 1.47. The Bertz CT molecular complexity index is 375. The molecule has 1 radical (unpaired) electrons. The summed E-state index contributed by atoms with van der Waals surface area (Å²) < 4.78 is 1.79. The molecule has 0 saturated carbocycles. The number of rotatable bonds is 2. The average Bonchev–Trinajstić information content (AvgIpc) is 2.75. The fourth-order valence-corrected chi connectivity index (χ4v) is 1.54. The van der Waals surface area contributed by atoms with E-state index in [2.05, 4.69) is 29.3 Å². The van der Waals surface area contributed by atoms with E-state index in [1.54, 1.807) is 10.9 Å². The van der Waals surface area contributed by atoms with Crippen molar-refractivity contribution in [1.82, 2.24) is 14.8 Å². The van der Waals surface area contributed by atoms with Crippen LogP contribution in [0.25, 0.3) is 5.13 Å². The quantitative estimate of drug-likeness (QED) is 0.730. The second-order valence-corrected chi connectivity index (χ2v) is 3.94. The third-order valence-corrected chi connectivity index (χ3v) is 2.54. The lowest BCUT2D eigenvalue weighted by atomic mass is 10.1. The van der Waals surface area contributed by atoms with Crippen LogP contribution in [0.2, 0.25) is 0 Å². The Labute approximate surface area is 81.1 Å². The molecular weight excluding hydrogens is 182 g/mol. The maximum absolute atomic E-state index is 4.22. The molecule has 0 spiro atoms. The van der Waals surface area contributed by atoms with E-state index in [0.29, 0.717) is 5.92 Å². The second-order valence-electron chi connectivity index (χ2n) is 3.13. The minimum Gasteiger partial charge on any atom is -0.226 e. The Morgan fingerprint density at radius 2 is 2.38 bits per heavy atom. The molecule has 4 heteroatoms. The van der Waals surface area contributed by atoms with E-state index in [-0.39, 0.29) is 0 Å². The van der Waals surface area contributed by atoms with Gasteiger partial charge in [0.2, 0.25) is 5.13 Å². The summed E-state index contributed by atoms with van der Waals surface area (Å²) in [5.41, 5.74) is 1.23. The van der Waals surface area contributed by atoms with Gasteiger partial charge in [-0.1, -0.05) is 25.2 Å². The standard InChI is InChI=1S/C9H10N3S/c1-7(2)8-5-11-12(6-8)9-10-3-4-13-9/h3,5-7H,1-2H3. The first-order chi connectivity index (χ1) is 6.27. The molecule has 2 aromatic rings. The molecule has 0 aliphatic carbocycles. The van der Waals surface area contributed by atoms with E-state index in [4.69, 9.17) is 0 Å². The number of nitrogens with zero attached hydrogens (tertiary/aromatic N) is 3. The van der Waals surface area contributed by atoms with Gasteiger partial charge < -0.3 is 0 Å². The van der Waals surface area contributed by atoms with Crippen LogP contribution >= 0.6 is 11.3 Å². The zero-order chi connectivity index (χ0) is 9.26. The first-order valence-electron chi connectivity index (χ1n) is 4.14. The monoisotopic (exact) mass is 192 g/mol. The van der Waals surface area contributed by atoms with Crippen LogP contribution in [0.1, 0.15) is 25.3 Å². The van der Waals surface area contributed by atoms with Gasteiger partial charge in [0.1, 0.15) is 0 Å². The van der Waals surface area contributed by atoms with Gasteiger partial charge in [0.25, 0.3) is 0 Å². The molecule has 0 saturated heterocycles.